The summed E-state index contributed by atoms with van der Waals surface area (Å²) in [5, 5.41) is 38.6. The number of aromatic amines is 1. The van der Waals surface area contributed by atoms with Gasteiger partial charge in [0.15, 0.2) is 5.96 Å². The average Bonchev–Trinajstić information content (AvgIpc) is 3.57. The zero-order valence-corrected chi connectivity index (χ0v) is 28.5. The van der Waals surface area contributed by atoms with Crippen LogP contribution < -0.4 is 38.5 Å². The molecule has 2 rings (SSSR count). The van der Waals surface area contributed by atoms with Gasteiger partial charge in [-0.15, -0.1) is 0 Å². The maximum absolute atomic E-state index is 13.6. The summed E-state index contributed by atoms with van der Waals surface area (Å²) < 4.78 is 0. The van der Waals surface area contributed by atoms with Gasteiger partial charge in [-0.2, -0.15) is 0 Å². The molecule has 0 unspecified atom stereocenters. The van der Waals surface area contributed by atoms with Gasteiger partial charge in [-0.05, 0) is 55.7 Å². The number of hydrogen-bond acceptors (Lipinski definition) is 10. The number of carbonyl (C=O) groups excluding carboxylic acids is 4. The summed E-state index contributed by atoms with van der Waals surface area (Å²) in [4.78, 5) is 87.4. The lowest BCUT2D eigenvalue weighted by atomic mass is 10.0. The Morgan fingerprint density at radius 1 is 0.824 bits per heavy atom. The Hall–Kier alpha value is -5.72. The lowest BCUT2D eigenvalue weighted by molar-refractivity contribution is -0.142. The lowest BCUT2D eigenvalue weighted by Gasteiger charge is -2.27. The van der Waals surface area contributed by atoms with Gasteiger partial charge in [0.2, 0.25) is 23.6 Å². The summed E-state index contributed by atoms with van der Waals surface area (Å²) in [5.41, 5.74) is 17.9. The van der Waals surface area contributed by atoms with Crippen LogP contribution in [0.1, 0.15) is 57.2 Å². The van der Waals surface area contributed by atoms with Gasteiger partial charge in [-0.1, -0.05) is 26.0 Å². The van der Waals surface area contributed by atoms with Gasteiger partial charge >= 0.3 is 11.9 Å². The number of amides is 4. The minimum Gasteiger partial charge on any atom is -0.508 e. The molecule has 1 heterocycles. The van der Waals surface area contributed by atoms with E-state index in [1.807, 2.05) is 0 Å². The van der Waals surface area contributed by atoms with Crippen LogP contribution in [0.25, 0.3) is 0 Å². The van der Waals surface area contributed by atoms with Crippen molar-refractivity contribution in [1.29, 1.82) is 0 Å². The number of nitrogens with one attached hydrogen (secondary N) is 5. The number of nitrogens with two attached hydrogens (primary N) is 3. The summed E-state index contributed by atoms with van der Waals surface area (Å²) >= 11 is 0. The van der Waals surface area contributed by atoms with Crippen LogP contribution in [0, 0.1) is 5.92 Å². The molecule has 0 spiro atoms. The van der Waals surface area contributed by atoms with Crippen molar-refractivity contribution in [1.82, 2.24) is 31.2 Å². The van der Waals surface area contributed by atoms with Gasteiger partial charge in [0, 0.05) is 31.3 Å². The van der Waals surface area contributed by atoms with Gasteiger partial charge < -0.3 is 58.8 Å². The van der Waals surface area contributed by atoms with Gasteiger partial charge in [0.25, 0.3) is 0 Å². The third kappa shape index (κ3) is 15.6. The second kappa shape index (κ2) is 20.7. The number of carboxylic acid groups (broad SMARTS) is 2. The first-order chi connectivity index (χ1) is 24.0. The van der Waals surface area contributed by atoms with Gasteiger partial charge in [0.05, 0.1) is 12.4 Å². The summed E-state index contributed by atoms with van der Waals surface area (Å²) in [6.07, 6.45) is 2.03. The van der Waals surface area contributed by atoms with E-state index >= 15 is 0 Å². The Balaban J connectivity index is 2.25. The molecule has 19 nitrogen and oxygen atoms in total. The van der Waals surface area contributed by atoms with Crippen molar-refractivity contribution in [2.75, 3.05) is 6.54 Å². The zero-order chi connectivity index (χ0) is 38.1. The molecular weight excluding hydrogens is 668 g/mol. The number of guanidine groups is 1. The molecule has 14 N–H and O–H groups in total. The van der Waals surface area contributed by atoms with E-state index in [1.54, 1.807) is 26.0 Å². The molecule has 19 heteroatoms. The van der Waals surface area contributed by atoms with Crippen LogP contribution in [0.4, 0.5) is 0 Å². The number of rotatable bonds is 22. The van der Waals surface area contributed by atoms with Crippen LogP contribution in [0.5, 0.6) is 5.75 Å². The molecule has 1 aromatic carbocycles. The van der Waals surface area contributed by atoms with Crippen molar-refractivity contribution in [3.63, 3.8) is 0 Å². The molecule has 0 aliphatic carbocycles. The number of aliphatic carboxylic acids is 2. The molecule has 1 aromatic heterocycles. The topological polar surface area (TPSA) is 330 Å². The highest BCUT2D eigenvalue weighted by Gasteiger charge is 2.32. The standard InChI is InChI=1S/C32H48N10O9/c1-17(2)12-24(41-27(46)21(33)13-18-5-7-20(43)8-6-18)30(49)40-23(9-10-26(44)45)29(48)39-22(4-3-11-37-32(34)35)28(47)42-25(31(50)51)14-19-15-36-16-38-19/h5-8,15-17,21-25,43H,3-4,9-14,33H2,1-2H3,(H,36,38)(H,39,48)(H,40,49)(H,41,46)(H,42,47)(H,44,45)(H,50,51)(H4,34,35,37)/t21-,22-,23-,24-,25-/m0/s1. The summed E-state index contributed by atoms with van der Waals surface area (Å²) in [5.74, 6) is -6.12. The number of phenols is 1. The molecular formula is C32H48N10O9. The Kier molecular flexibility index (Phi) is 16.8. The molecule has 0 saturated heterocycles. The Morgan fingerprint density at radius 2 is 1.39 bits per heavy atom. The molecule has 0 fully saturated rings. The van der Waals surface area contributed by atoms with E-state index in [2.05, 4.69) is 36.2 Å². The highest BCUT2D eigenvalue weighted by molar-refractivity contribution is 5.95. The smallest absolute Gasteiger partial charge is 0.326 e. The van der Waals surface area contributed by atoms with Crippen molar-refractivity contribution in [2.24, 2.45) is 28.1 Å². The number of aliphatic imine (C=N–C) groups is 1. The third-order valence-electron chi connectivity index (χ3n) is 7.52. The number of carbonyl (C=O) groups is 6. The van der Waals surface area contributed by atoms with Crippen molar-refractivity contribution < 1.29 is 44.1 Å². The van der Waals surface area contributed by atoms with Crippen molar-refractivity contribution in [2.45, 2.75) is 89.0 Å². The predicted molar refractivity (Wildman–Crippen MR) is 184 cm³/mol. The van der Waals surface area contributed by atoms with E-state index in [0.29, 0.717) is 11.3 Å². The number of H-pyrrole nitrogens is 1. The van der Waals surface area contributed by atoms with Crippen molar-refractivity contribution in [3.05, 3.63) is 48.0 Å². The Morgan fingerprint density at radius 3 is 1.92 bits per heavy atom. The fraction of sp³-hybridized carbons (Fsp3) is 0.500. The normalized spacial score (nSPS) is 13.9. The molecule has 0 radical (unpaired) electrons. The molecule has 0 bridgehead atoms. The van der Waals surface area contributed by atoms with Crippen LogP contribution in [0.15, 0.2) is 41.8 Å². The van der Waals surface area contributed by atoms with Gasteiger partial charge in [-0.25, -0.2) is 9.78 Å². The molecule has 51 heavy (non-hydrogen) atoms. The Labute approximate surface area is 294 Å². The fourth-order valence-electron chi connectivity index (χ4n) is 4.90. The number of carboxylic acids is 2. The highest BCUT2D eigenvalue weighted by atomic mass is 16.4. The van der Waals surface area contributed by atoms with Crippen LogP contribution in [-0.2, 0) is 41.6 Å². The van der Waals surface area contributed by atoms with Crippen LogP contribution in [0.2, 0.25) is 0 Å². The quantitative estimate of drug-likeness (QED) is 0.0365. The largest absolute Gasteiger partial charge is 0.508 e. The number of hydrogen-bond donors (Lipinski definition) is 11. The molecule has 5 atom stereocenters. The first-order valence-electron chi connectivity index (χ1n) is 16.3. The Bertz CT molecular complexity index is 1500. The SMILES string of the molecule is CC(C)C[C@H](NC(=O)[C@@H](N)Cc1ccc(O)cc1)C(=O)N[C@@H](CCC(=O)O)C(=O)N[C@@H](CCCN=C(N)N)C(=O)N[C@@H](Cc1cnc[nH]1)C(=O)O. The van der Waals surface area contributed by atoms with E-state index < -0.39 is 72.2 Å². The number of imidazole rings is 1. The van der Waals surface area contributed by atoms with Crippen molar-refractivity contribution in [3.8, 4) is 5.75 Å². The number of aromatic nitrogens is 2. The minimum atomic E-state index is -1.47. The maximum Gasteiger partial charge on any atom is 0.326 e. The summed E-state index contributed by atoms with van der Waals surface area (Å²) in [7, 11) is 0. The number of aromatic hydroxyl groups is 1. The monoisotopic (exact) mass is 716 g/mol. The lowest BCUT2D eigenvalue weighted by Crippen LogP contribution is -2.59. The van der Waals surface area contributed by atoms with Gasteiger partial charge in [0.1, 0.15) is 29.9 Å². The number of phenolic OH excluding ortho intramolecular Hbond substituents is 1. The summed E-state index contributed by atoms with van der Waals surface area (Å²) in [6.45, 7) is 3.68. The van der Waals surface area contributed by atoms with Crippen molar-refractivity contribution >= 4 is 41.5 Å². The van der Waals surface area contributed by atoms with E-state index in [0.717, 1.165) is 0 Å². The second-order valence-corrected chi connectivity index (χ2v) is 12.4. The minimum absolute atomic E-state index is 0.0413. The average molecular weight is 717 g/mol. The molecule has 2 aromatic rings. The van der Waals surface area contributed by atoms with Crippen LogP contribution in [0.3, 0.4) is 0 Å². The zero-order valence-electron chi connectivity index (χ0n) is 28.5. The molecule has 4 amide bonds. The summed E-state index contributed by atoms with van der Waals surface area (Å²) in [6, 6.07) is -0.363. The maximum atomic E-state index is 13.6. The molecule has 0 saturated carbocycles. The van der Waals surface area contributed by atoms with E-state index in [1.165, 1.54) is 24.7 Å². The predicted octanol–water partition coefficient (Wildman–Crippen LogP) is -1.78. The van der Waals surface area contributed by atoms with Gasteiger partial charge in [-0.3, -0.25) is 29.0 Å². The first kappa shape index (κ1) is 41.5. The molecule has 280 valence electrons. The third-order valence-corrected chi connectivity index (χ3v) is 7.52. The molecule has 0 aliphatic rings. The fourth-order valence-corrected chi connectivity index (χ4v) is 4.90. The number of nitrogens with zero attached hydrogens (tertiary/aromatic N) is 2. The molecule has 0 aliphatic heterocycles. The second-order valence-electron chi connectivity index (χ2n) is 12.4. The van der Waals surface area contributed by atoms with Crippen LogP contribution >= 0.6 is 0 Å². The highest BCUT2D eigenvalue weighted by Crippen LogP contribution is 2.12. The number of benzene rings is 1. The van der Waals surface area contributed by atoms with E-state index in [9.17, 15) is 44.1 Å². The first-order valence-corrected chi connectivity index (χ1v) is 16.3. The van der Waals surface area contributed by atoms with E-state index in [4.69, 9.17) is 17.2 Å². The van der Waals surface area contributed by atoms with Crippen LogP contribution in [-0.4, -0.2) is 104 Å². The van der Waals surface area contributed by atoms with E-state index in [-0.39, 0.29) is 62.7 Å².